The summed E-state index contributed by atoms with van der Waals surface area (Å²) in [6.07, 6.45) is 6.36. The molecule has 4 aromatic heterocycles. The molecule has 218 valence electrons. The fourth-order valence-corrected chi connectivity index (χ4v) is 6.23. The van der Waals surface area contributed by atoms with Gasteiger partial charge in [0, 0.05) is 45.1 Å². The number of aromatic amines is 1. The van der Waals surface area contributed by atoms with E-state index in [0.717, 1.165) is 19.4 Å². The number of rotatable bonds is 11. The Labute approximate surface area is 238 Å². The number of hydrogen-bond donors (Lipinski definition) is 1. The third-order valence-corrected chi connectivity index (χ3v) is 8.86. The molecular weight excluding hydrogens is 546 g/mol. The summed E-state index contributed by atoms with van der Waals surface area (Å²) in [5, 5.41) is 5.02. The Hall–Kier alpha value is -3.75. The number of nitrogens with one attached hydrogen (secondary N) is 1. The normalized spacial score (nSPS) is 15.0. The van der Waals surface area contributed by atoms with Gasteiger partial charge in [-0.25, -0.2) is 33.0 Å². The van der Waals surface area contributed by atoms with Crippen molar-refractivity contribution < 1.29 is 13.2 Å². The summed E-state index contributed by atoms with van der Waals surface area (Å²) >= 11 is 0. The average molecular weight is 582 g/mol. The number of aryl methyl sites for hydroxylation is 1. The van der Waals surface area contributed by atoms with Crippen molar-refractivity contribution in [3.63, 3.8) is 0 Å². The molecular formula is C27H35N9O4S. The largest absolute Gasteiger partial charge is 0.477 e. The zero-order valence-corrected chi connectivity index (χ0v) is 24.4. The molecule has 0 saturated carbocycles. The lowest BCUT2D eigenvalue weighted by atomic mass is 10.2. The second-order valence-electron chi connectivity index (χ2n) is 9.84. The van der Waals surface area contributed by atoms with E-state index in [2.05, 4.69) is 36.9 Å². The molecule has 0 amide bonds. The van der Waals surface area contributed by atoms with Crippen molar-refractivity contribution in [1.29, 1.82) is 0 Å². The molecule has 1 aliphatic heterocycles. The highest BCUT2D eigenvalue weighted by Crippen LogP contribution is 2.30. The Bertz CT molecular complexity index is 1660. The zero-order valence-electron chi connectivity index (χ0n) is 23.6. The molecule has 0 radical (unpaired) electrons. The van der Waals surface area contributed by atoms with Crippen molar-refractivity contribution in [3.05, 3.63) is 52.6 Å². The van der Waals surface area contributed by atoms with Crippen LogP contribution in [0.25, 0.3) is 22.4 Å². The molecule has 0 bridgehead atoms. The van der Waals surface area contributed by atoms with Crippen LogP contribution in [0.1, 0.15) is 45.1 Å². The molecule has 0 atom stereocenters. The number of sulfonamides is 1. The number of ether oxygens (including phenoxy) is 1. The number of nitrogens with zero attached hydrogens (tertiary/aromatic N) is 8. The molecule has 0 aliphatic carbocycles. The van der Waals surface area contributed by atoms with Gasteiger partial charge in [0.2, 0.25) is 15.9 Å². The van der Waals surface area contributed by atoms with Crippen molar-refractivity contribution >= 4 is 21.1 Å². The van der Waals surface area contributed by atoms with Gasteiger partial charge in [0.25, 0.3) is 5.56 Å². The number of aromatic nitrogens is 7. The van der Waals surface area contributed by atoms with Crippen LogP contribution in [0.15, 0.2) is 40.4 Å². The molecule has 0 aromatic carbocycles. The summed E-state index contributed by atoms with van der Waals surface area (Å²) in [5.74, 6) is 0.897. The van der Waals surface area contributed by atoms with E-state index >= 15 is 0 Å². The number of hydrogen-bond acceptors (Lipinski definition) is 10. The van der Waals surface area contributed by atoms with E-state index in [1.807, 2.05) is 13.8 Å². The summed E-state index contributed by atoms with van der Waals surface area (Å²) in [4.78, 5) is 36.3. The Morgan fingerprint density at radius 3 is 2.46 bits per heavy atom. The van der Waals surface area contributed by atoms with Crippen molar-refractivity contribution in [2.75, 3.05) is 39.3 Å². The molecule has 13 nitrogen and oxygen atoms in total. The highest BCUT2D eigenvalue weighted by molar-refractivity contribution is 7.89. The Kier molecular flexibility index (Phi) is 8.71. The fraction of sp³-hybridized carbons (Fsp3) is 0.481. The first-order chi connectivity index (χ1) is 19.8. The Morgan fingerprint density at radius 2 is 1.78 bits per heavy atom. The van der Waals surface area contributed by atoms with Crippen LogP contribution in [0.2, 0.25) is 0 Å². The molecule has 5 rings (SSSR count). The van der Waals surface area contributed by atoms with Crippen LogP contribution in [0.3, 0.4) is 0 Å². The molecule has 0 unspecified atom stereocenters. The third-order valence-electron chi connectivity index (χ3n) is 7.00. The van der Waals surface area contributed by atoms with Crippen molar-refractivity contribution in [1.82, 2.24) is 43.9 Å². The topological polar surface area (TPSA) is 152 Å². The minimum Gasteiger partial charge on any atom is -0.477 e. The molecule has 14 heteroatoms. The highest BCUT2D eigenvalue weighted by atomic mass is 32.2. The highest BCUT2D eigenvalue weighted by Gasteiger charge is 2.30. The summed E-state index contributed by atoms with van der Waals surface area (Å²) in [6, 6.07) is 3.21. The minimum absolute atomic E-state index is 0.0213. The maximum Gasteiger partial charge on any atom is 0.262 e. The van der Waals surface area contributed by atoms with Gasteiger partial charge in [-0.15, -0.1) is 0 Å². The van der Waals surface area contributed by atoms with Gasteiger partial charge >= 0.3 is 0 Å². The number of pyridine rings is 1. The first-order valence-electron chi connectivity index (χ1n) is 14.0. The average Bonchev–Trinajstić information content (AvgIpc) is 3.33. The Balaban J connectivity index is 1.60. The lowest BCUT2D eigenvalue weighted by molar-refractivity contribution is 0.196. The van der Waals surface area contributed by atoms with Gasteiger partial charge in [0.15, 0.2) is 5.65 Å². The molecule has 1 fully saturated rings. The number of likely N-dealkylation sites (N-methyl/N-ethyl adjacent to an activating group) is 1. The molecule has 5 heterocycles. The molecule has 1 saturated heterocycles. The van der Waals surface area contributed by atoms with E-state index in [1.54, 1.807) is 23.1 Å². The second kappa shape index (κ2) is 12.4. The van der Waals surface area contributed by atoms with Gasteiger partial charge in [-0.1, -0.05) is 20.8 Å². The monoisotopic (exact) mass is 581 g/mol. The van der Waals surface area contributed by atoms with Crippen LogP contribution >= 0.6 is 0 Å². The lowest BCUT2D eigenvalue weighted by Crippen LogP contribution is -2.48. The van der Waals surface area contributed by atoms with E-state index in [1.165, 1.54) is 16.6 Å². The summed E-state index contributed by atoms with van der Waals surface area (Å²) in [7, 11) is -3.82. The van der Waals surface area contributed by atoms with E-state index in [9.17, 15) is 13.2 Å². The van der Waals surface area contributed by atoms with Crippen LogP contribution in [0, 0.1) is 0 Å². The van der Waals surface area contributed by atoms with Crippen LogP contribution in [0.4, 0.5) is 0 Å². The first-order valence-corrected chi connectivity index (χ1v) is 15.4. The van der Waals surface area contributed by atoms with Crippen molar-refractivity contribution in [2.24, 2.45) is 0 Å². The maximum atomic E-state index is 13.6. The van der Waals surface area contributed by atoms with Gasteiger partial charge in [0.05, 0.1) is 30.5 Å². The summed E-state index contributed by atoms with van der Waals surface area (Å²) in [6.45, 7) is 9.93. The standard InChI is InChI=1S/C27H35N9O4S/c1-4-10-36-25-23(21(33-36)17-22-28-8-7-9-29-22)26(37)32-24(31-25)20-16-19(18-30-27(20)40-15-5-2)41(38,39)35-13-11-34(6-3)12-14-35/h7-9,16,18H,4-6,10-15,17H2,1-3H3,(H,31,32,37). The quantitative estimate of drug-likeness (QED) is 0.279. The fourth-order valence-electron chi connectivity index (χ4n) is 4.83. The van der Waals surface area contributed by atoms with E-state index < -0.39 is 15.6 Å². The number of piperazine rings is 1. The number of H-pyrrole nitrogens is 1. The molecule has 41 heavy (non-hydrogen) atoms. The SMILES string of the molecule is CCCOc1ncc(S(=O)(=O)N2CCN(CC)CC2)cc1-c1nc2c(c(Cc3ncccn3)nn2CCC)c(=O)[nH]1. The van der Waals surface area contributed by atoms with Gasteiger partial charge in [-0.2, -0.15) is 9.40 Å². The van der Waals surface area contributed by atoms with Gasteiger partial charge in [-0.05, 0) is 31.5 Å². The summed E-state index contributed by atoms with van der Waals surface area (Å²) in [5.41, 5.74) is 0.802. The second-order valence-corrected chi connectivity index (χ2v) is 11.8. The smallest absolute Gasteiger partial charge is 0.262 e. The summed E-state index contributed by atoms with van der Waals surface area (Å²) < 4.78 is 36.2. The van der Waals surface area contributed by atoms with Crippen molar-refractivity contribution in [3.8, 4) is 17.3 Å². The third kappa shape index (κ3) is 5.99. The van der Waals surface area contributed by atoms with Gasteiger partial charge < -0.3 is 14.6 Å². The van der Waals surface area contributed by atoms with Crippen LogP contribution in [-0.2, 0) is 23.0 Å². The predicted molar refractivity (Wildman–Crippen MR) is 153 cm³/mol. The van der Waals surface area contributed by atoms with Gasteiger partial charge in [0.1, 0.15) is 21.9 Å². The Morgan fingerprint density at radius 1 is 1.02 bits per heavy atom. The van der Waals surface area contributed by atoms with Crippen LogP contribution in [0.5, 0.6) is 5.88 Å². The molecule has 1 aliphatic rings. The van der Waals surface area contributed by atoms with Crippen molar-refractivity contribution in [2.45, 2.75) is 51.5 Å². The van der Waals surface area contributed by atoms with E-state index in [0.29, 0.717) is 67.4 Å². The predicted octanol–water partition coefficient (Wildman–Crippen LogP) is 2.09. The molecule has 1 N–H and O–H groups in total. The minimum atomic E-state index is -3.82. The van der Waals surface area contributed by atoms with E-state index in [-0.39, 0.29) is 23.0 Å². The first kappa shape index (κ1) is 28.8. The molecule has 4 aromatic rings. The maximum absolute atomic E-state index is 13.6. The van der Waals surface area contributed by atoms with Gasteiger partial charge in [-0.3, -0.25) is 4.79 Å². The van der Waals surface area contributed by atoms with E-state index in [4.69, 9.17) is 9.72 Å². The van der Waals surface area contributed by atoms with Crippen LogP contribution in [-0.4, -0.2) is 91.7 Å². The zero-order chi connectivity index (χ0) is 29.0. The number of fused-ring (bicyclic) bond motifs is 1. The molecule has 0 spiro atoms. The lowest BCUT2D eigenvalue weighted by Gasteiger charge is -2.33. The van der Waals surface area contributed by atoms with Crippen LogP contribution < -0.4 is 10.3 Å².